The molecule has 6 nitrogen and oxygen atoms in total. The molecule has 0 aromatic heterocycles. The molecule has 0 radical (unpaired) electrons. The number of esters is 1. The Hall–Kier alpha value is -1.95. The number of benzene rings is 1. The van der Waals surface area contributed by atoms with Crippen LogP contribution in [0.4, 0.5) is 5.69 Å². The van der Waals surface area contributed by atoms with E-state index < -0.39 is 22.9 Å². The molecule has 0 amide bonds. The van der Waals surface area contributed by atoms with E-state index >= 15 is 0 Å². The Morgan fingerprint density at radius 1 is 1.56 bits per heavy atom. The molecule has 2 unspecified atom stereocenters. The van der Waals surface area contributed by atoms with E-state index in [-0.39, 0.29) is 12.3 Å². The molecule has 18 heavy (non-hydrogen) atoms. The van der Waals surface area contributed by atoms with Crippen molar-refractivity contribution in [1.82, 2.24) is 0 Å². The van der Waals surface area contributed by atoms with Crippen molar-refractivity contribution in [2.75, 3.05) is 6.61 Å². The Bertz CT molecular complexity index is 446. The first-order chi connectivity index (χ1) is 8.47. The fraction of sp³-hybridized carbons (Fsp3) is 0.417. The number of hydrogen-bond donors (Lipinski definition) is 1. The molecule has 0 bridgehead atoms. The average molecular weight is 253 g/mol. The molecule has 0 heterocycles. The van der Waals surface area contributed by atoms with Crippen molar-refractivity contribution in [1.29, 1.82) is 0 Å². The lowest BCUT2D eigenvalue weighted by atomic mass is 9.95. The predicted molar refractivity (Wildman–Crippen MR) is 64.2 cm³/mol. The van der Waals surface area contributed by atoms with E-state index in [1.807, 2.05) is 0 Å². The van der Waals surface area contributed by atoms with Crippen molar-refractivity contribution in [3.63, 3.8) is 0 Å². The highest BCUT2D eigenvalue weighted by Gasteiger charge is 2.25. The lowest BCUT2D eigenvalue weighted by Gasteiger charge is -2.17. The van der Waals surface area contributed by atoms with E-state index in [9.17, 15) is 20.0 Å². The fourth-order valence-corrected chi connectivity index (χ4v) is 1.54. The molecular weight excluding hydrogens is 238 g/mol. The number of nitro benzene ring substituents is 1. The zero-order valence-electron chi connectivity index (χ0n) is 10.2. The number of aliphatic hydroxyl groups excluding tert-OH is 1. The largest absolute Gasteiger partial charge is 0.464 e. The van der Waals surface area contributed by atoms with E-state index in [0.717, 1.165) is 0 Å². The molecule has 1 N–H and O–H groups in total. The highest BCUT2D eigenvalue weighted by Crippen LogP contribution is 2.23. The second kappa shape index (κ2) is 6.11. The maximum absolute atomic E-state index is 11.4. The predicted octanol–water partition coefficient (Wildman–Crippen LogP) is 1.62. The van der Waals surface area contributed by atoms with Crippen LogP contribution in [0.15, 0.2) is 24.3 Å². The van der Waals surface area contributed by atoms with Gasteiger partial charge in [0.1, 0.15) is 0 Å². The van der Waals surface area contributed by atoms with Gasteiger partial charge >= 0.3 is 5.97 Å². The first-order valence-electron chi connectivity index (χ1n) is 5.56. The van der Waals surface area contributed by atoms with Crippen LogP contribution in [0.25, 0.3) is 0 Å². The third-order valence-electron chi connectivity index (χ3n) is 2.61. The van der Waals surface area contributed by atoms with Gasteiger partial charge in [0.05, 0.1) is 11.5 Å². The monoisotopic (exact) mass is 253 g/mol. The third-order valence-corrected chi connectivity index (χ3v) is 2.61. The van der Waals surface area contributed by atoms with Crippen molar-refractivity contribution >= 4 is 11.7 Å². The standard InChI is InChI=1S/C12H15NO5/c1-3-18-12(15)11(14)8(2)9-5-4-6-10(7-9)13(16)17/h4-8,11,14H,3H2,1-2H3. The Morgan fingerprint density at radius 3 is 2.78 bits per heavy atom. The highest BCUT2D eigenvalue weighted by molar-refractivity contribution is 5.75. The molecule has 0 aliphatic rings. The molecule has 0 aliphatic carbocycles. The summed E-state index contributed by atoms with van der Waals surface area (Å²) < 4.78 is 4.70. The lowest BCUT2D eigenvalue weighted by Crippen LogP contribution is -2.28. The molecule has 6 heteroatoms. The maximum atomic E-state index is 11.4. The number of nitrogens with zero attached hydrogens (tertiary/aromatic N) is 1. The second-order valence-electron chi connectivity index (χ2n) is 3.84. The smallest absolute Gasteiger partial charge is 0.335 e. The molecule has 0 saturated heterocycles. The van der Waals surface area contributed by atoms with Crippen molar-refractivity contribution in [2.45, 2.75) is 25.9 Å². The number of nitro groups is 1. The molecule has 0 saturated carbocycles. The van der Waals surface area contributed by atoms with E-state index in [1.165, 1.54) is 18.2 Å². The molecule has 1 aromatic rings. The van der Waals surface area contributed by atoms with Crippen molar-refractivity contribution in [3.8, 4) is 0 Å². The zero-order chi connectivity index (χ0) is 13.7. The number of hydrogen-bond acceptors (Lipinski definition) is 5. The van der Waals surface area contributed by atoms with Gasteiger partial charge in [-0.2, -0.15) is 0 Å². The van der Waals surface area contributed by atoms with Gasteiger partial charge in [-0.25, -0.2) is 4.79 Å². The van der Waals surface area contributed by atoms with E-state index in [1.54, 1.807) is 19.9 Å². The average Bonchev–Trinajstić information content (AvgIpc) is 2.37. The summed E-state index contributed by atoms with van der Waals surface area (Å²) in [6.45, 7) is 3.43. The van der Waals surface area contributed by atoms with Gasteiger partial charge in [0.25, 0.3) is 5.69 Å². The number of carbonyl (C=O) groups is 1. The SMILES string of the molecule is CCOC(=O)C(O)C(C)c1cccc([N+](=O)[O-])c1. The van der Waals surface area contributed by atoms with E-state index in [4.69, 9.17) is 4.74 Å². The Labute approximate surface area is 104 Å². The van der Waals surface area contributed by atoms with Crippen LogP contribution in [0.2, 0.25) is 0 Å². The number of non-ortho nitro benzene ring substituents is 1. The highest BCUT2D eigenvalue weighted by atomic mass is 16.6. The van der Waals surface area contributed by atoms with Gasteiger partial charge in [-0.15, -0.1) is 0 Å². The number of carbonyl (C=O) groups excluding carboxylic acids is 1. The van der Waals surface area contributed by atoms with Crippen LogP contribution in [0.3, 0.4) is 0 Å². The van der Waals surface area contributed by atoms with Gasteiger partial charge in [0, 0.05) is 18.1 Å². The summed E-state index contributed by atoms with van der Waals surface area (Å²) in [5.41, 5.74) is 0.445. The van der Waals surface area contributed by atoms with E-state index in [0.29, 0.717) is 5.56 Å². The van der Waals surface area contributed by atoms with Gasteiger partial charge in [-0.1, -0.05) is 19.1 Å². The van der Waals surface area contributed by atoms with Crippen molar-refractivity contribution < 1.29 is 19.6 Å². The summed E-state index contributed by atoms with van der Waals surface area (Å²) in [4.78, 5) is 21.5. The molecule has 2 atom stereocenters. The molecular formula is C12H15NO5. The third kappa shape index (κ3) is 3.27. The van der Waals surface area contributed by atoms with Crippen LogP contribution in [0.1, 0.15) is 25.3 Å². The fourth-order valence-electron chi connectivity index (χ4n) is 1.54. The molecule has 0 fully saturated rings. The topological polar surface area (TPSA) is 89.7 Å². The minimum Gasteiger partial charge on any atom is -0.464 e. The Balaban J connectivity index is 2.89. The van der Waals surface area contributed by atoms with Gasteiger partial charge in [-0.3, -0.25) is 10.1 Å². The van der Waals surface area contributed by atoms with Crippen LogP contribution in [-0.4, -0.2) is 28.7 Å². The van der Waals surface area contributed by atoms with Crippen molar-refractivity contribution in [3.05, 3.63) is 39.9 Å². The minimum atomic E-state index is -1.33. The number of rotatable bonds is 5. The van der Waals surface area contributed by atoms with Crippen LogP contribution in [0.5, 0.6) is 0 Å². The molecule has 0 aliphatic heterocycles. The maximum Gasteiger partial charge on any atom is 0.335 e. The first kappa shape index (κ1) is 14.1. The Kier molecular flexibility index (Phi) is 4.79. The quantitative estimate of drug-likeness (QED) is 0.489. The Morgan fingerprint density at radius 2 is 2.22 bits per heavy atom. The van der Waals surface area contributed by atoms with Crippen LogP contribution < -0.4 is 0 Å². The van der Waals surface area contributed by atoms with Crippen molar-refractivity contribution in [2.24, 2.45) is 0 Å². The normalized spacial score (nSPS) is 13.7. The van der Waals surface area contributed by atoms with E-state index in [2.05, 4.69) is 0 Å². The van der Waals surface area contributed by atoms with Gasteiger partial charge in [-0.05, 0) is 12.5 Å². The van der Waals surface area contributed by atoms with Crippen LogP contribution >= 0.6 is 0 Å². The molecule has 98 valence electrons. The number of ether oxygens (including phenoxy) is 1. The summed E-state index contributed by atoms with van der Waals surface area (Å²) >= 11 is 0. The molecule has 1 aromatic carbocycles. The van der Waals surface area contributed by atoms with Crippen LogP contribution in [-0.2, 0) is 9.53 Å². The minimum absolute atomic E-state index is 0.0737. The summed E-state index contributed by atoms with van der Waals surface area (Å²) in [6, 6.07) is 5.84. The summed E-state index contributed by atoms with van der Waals surface area (Å²) in [5, 5.41) is 20.4. The van der Waals surface area contributed by atoms with Crippen LogP contribution in [0, 0.1) is 10.1 Å². The molecule has 0 spiro atoms. The second-order valence-corrected chi connectivity index (χ2v) is 3.84. The molecule has 1 rings (SSSR count). The van der Waals surface area contributed by atoms with Gasteiger partial charge < -0.3 is 9.84 Å². The van der Waals surface area contributed by atoms with Gasteiger partial charge in [0.15, 0.2) is 6.10 Å². The number of aliphatic hydroxyl groups is 1. The summed E-state index contributed by atoms with van der Waals surface area (Å²) in [5.74, 6) is -1.29. The lowest BCUT2D eigenvalue weighted by molar-refractivity contribution is -0.384. The first-order valence-corrected chi connectivity index (χ1v) is 5.56. The zero-order valence-corrected chi connectivity index (χ0v) is 10.2. The summed E-state index contributed by atoms with van der Waals surface area (Å²) in [7, 11) is 0. The summed E-state index contributed by atoms with van der Waals surface area (Å²) in [6.07, 6.45) is -1.33. The van der Waals surface area contributed by atoms with Gasteiger partial charge in [0.2, 0.25) is 0 Å².